The second-order valence-electron chi connectivity index (χ2n) is 4.64. The Labute approximate surface area is 111 Å². The number of ether oxygens (including phenoxy) is 1. The summed E-state index contributed by atoms with van der Waals surface area (Å²) >= 11 is 0. The van der Waals surface area contributed by atoms with Gasteiger partial charge in [0, 0.05) is 6.04 Å². The Kier molecular flexibility index (Phi) is 3.03. The van der Waals surface area contributed by atoms with Crippen LogP contribution in [0.4, 0.5) is 0 Å². The minimum Gasteiger partial charge on any atom is -0.492 e. The molecule has 0 saturated heterocycles. The first kappa shape index (κ1) is 11.9. The largest absolute Gasteiger partial charge is 0.492 e. The number of fused-ring (bicyclic) bond motifs is 1. The van der Waals surface area contributed by atoms with E-state index in [2.05, 4.69) is 22.5 Å². The van der Waals surface area contributed by atoms with Crippen molar-refractivity contribution in [2.45, 2.75) is 19.5 Å². The third-order valence-corrected chi connectivity index (χ3v) is 3.14. The number of para-hydroxylation sites is 1. The first-order valence-electron chi connectivity index (χ1n) is 6.37. The van der Waals surface area contributed by atoms with Crippen LogP contribution in [0, 0.1) is 0 Å². The molecule has 0 spiro atoms. The second-order valence-corrected chi connectivity index (χ2v) is 4.64. The Morgan fingerprint density at radius 3 is 3.05 bits per heavy atom. The van der Waals surface area contributed by atoms with Gasteiger partial charge in [-0.25, -0.2) is 0 Å². The van der Waals surface area contributed by atoms with E-state index in [1.165, 1.54) is 0 Å². The van der Waals surface area contributed by atoms with Crippen LogP contribution in [0.2, 0.25) is 0 Å². The average molecular weight is 259 g/mol. The smallest absolute Gasteiger partial charge is 0.191 e. The molecule has 2 heterocycles. The van der Waals surface area contributed by atoms with Crippen molar-refractivity contribution in [3.8, 4) is 5.75 Å². The lowest BCUT2D eigenvalue weighted by Crippen LogP contribution is -2.37. The number of rotatable bonds is 3. The lowest BCUT2D eigenvalue weighted by molar-refractivity contribution is 0.394. The molecule has 3 rings (SSSR count). The molecule has 0 fully saturated rings. The van der Waals surface area contributed by atoms with Crippen molar-refractivity contribution in [2.24, 2.45) is 4.99 Å². The lowest BCUT2D eigenvalue weighted by atomic mass is 10.2. The van der Waals surface area contributed by atoms with Gasteiger partial charge >= 0.3 is 0 Å². The van der Waals surface area contributed by atoms with Gasteiger partial charge in [0.25, 0.3) is 0 Å². The molecule has 1 aromatic heterocycles. The van der Waals surface area contributed by atoms with Crippen LogP contribution in [-0.2, 0) is 6.54 Å². The summed E-state index contributed by atoms with van der Waals surface area (Å²) in [5.41, 5.74) is 0.839. The minimum absolute atomic E-state index is 0.389. The van der Waals surface area contributed by atoms with Crippen LogP contribution in [-0.4, -0.2) is 25.7 Å². The van der Waals surface area contributed by atoms with E-state index in [4.69, 9.17) is 9.15 Å². The topological polar surface area (TPSA) is 58.8 Å². The van der Waals surface area contributed by atoms with Crippen molar-refractivity contribution in [3.63, 3.8) is 0 Å². The van der Waals surface area contributed by atoms with Crippen LogP contribution in [0.25, 0.3) is 11.0 Å². The van der Waals surface area contributed by atoms with E-state index in [9.17, 15) is 0 Å². The van der Waals surface area contributed by atoms with Gasteiger partial charge in [-0.1, -0.05) is 12.1 Å². The molecule has 0 saturated carbocycles. The normalized spacial score (nSPS) is 18.2. The molecular formula is C14H17N3O2. The maximum Gasteiger partial charge on any atom is 0.191 e. The van der Waals surface area contributed by atoms with Gasteiger partial charge < -0.3 is 19.8 Å². The van der Waals surface area contributed by atoms with Gasteiger partial charge in [0.2, 0.25) is 0 Å². The molecule has 100 valence electrons. The SMILES string of the molecule is COc1c(CNC2=NCC(C)N2)oc2ccccc12. The van der Waals surface area contributed by atoms with Crippen molar-refractivity contribution in [3.05, 3.63) is 30.0 Å². The van der Waals surface area contributed by atoms with Gasteiger partial charge in [0.15, 0.2) is 17.5 Å². The molecule has 1 atom stereocenters. The number of furan rings is 1. The Balaban J connectivity index is 1.80. The molecule has 1 aliphatic heterocycles. The maximum atomic E-state index is 5.81. The Morgan fingerprint density at radius 2 is 2.32 bits per heavy atom. The van der Waals surface area contributed by atoms with Crippen molar-refractivity contribution in [1.29, 1.82) is 0 Å². The van der Waals surface area contributed by atoms with E-state index in [0.717, 1.165) is 35.0 Å². The zero-order valence-corrected chi connectivity index (χ0v) is 11.1. The zero-order valence-electron chi connectivity index (χ0n) is 11.1. The Bertz CT molecular complexity index is 618. The fraction of sp³-hybridized carbons (Fsp3) is 0.357. The molecule has 1 aromatic carbocycles. The molecular weight excluding hydrogens is 242 g/mol. The van der Waals surface area contributed by atoms with Gasteiger partial charge in [0.05, 0.1) is 25.6 Å². The highest BCUT2D eigenvalue weighted by Crippen LogP contribution is 2.32. The highest BCUT2D eigenvalue weighted by molar-refractivity contribution is 5.86. The number of nitrogens with zero attached hydrogens (tertiary/aromatic N) is 1. The summed E-state index contributed by atoms with van der Waals surface area (Å²) in [5.74, 6) is 2.39. The van der Waals surface area contributed by atoms with Gasteiger partial charge in [-0.2, -0.15) is 0 Å². The number of aliphatic imine (C=N–C) groups is 1. The first-order valence-corrected chi connectivity index (χ1v) is 6.37. The molecule has 5 nitrogen and oxygen atoms in total. The average Bonchev–Trinajstić information content (AvgIpc) is 2.99. The number of hydrogen-bond donors (Lipinski definition) is 2. The van der Waals surface area contributed by atoms with E-state index in [-0.39, 0.29) is 0 Å². The molecule has 1 unspecified atom stereocenters. The summed E-state index contributed by atoms with van der Waals surface area (Å²) in [6.45, 7) is 3.45. The van der Waals surface area contributed by atoms with E-state index in [1.807, 2.05) is 24.3 Å². The van der Waals surface area contributed by atoms with Crippen molar-refractivity contribution in [2.75, 3.05) is 13.7 Å². The number of methoxy groups -OCH3 is 1. The molecule has 1 aliphatic rings. The first-order chi connectivity index (χ1) is 9.28. The summed E-state index contributed by atoms with van der Waals surface area (Å²) in [6.07, 6.45) is 0. The highest BCUT2D eigenvalue weighted by atomic mass is 16.5. The molecule has 19 heavy (non-hydrogen) atoms. The minimum atomic E-state index is 0.389. The van der Waals surface area contributed by atoms with Crippen molar-refractivity contribution in [1.82, 2.24) is 10.6 Å². The lowest BCUT2D eigenvalue weighted by Gasteiger charge is -2.08. The number of hydrogen-bond acceptors (Lipinski definition) is 5. The monoisotopic (exact) mass is 259 g/mol. The Morgan fingerprint density at radius 1 is 1.47 bits per heavy atom. The molecule has 2 aromatic rings. The summed E-state index contributed by atoms with van der Waals surface area (Å²) in [5, 5.41) is 7.48. The van der Waals surface area contributed by atoms with Crippen LogP contribution in [0.3, 0.4) is 0 Å². The van der Waals surface area contributed by atoms with Crippen LogP contribution >= 0.6 is 0 Å². The van der Waals surface area contributed by atoms with E-state index >= 15 is 0 Å². The number of nitrogens with one attached hydrogen (secondary N) is 2. The van der Waals surface area contributed by atoms with E-state index < -0.39 is 0 Å². The maximum absolute atomic E-state index is 5.81. The zero-order chi connectivity index (χ0) is 13.2. The molecule has 5 heteroatoms. The molecule has 2 N–H and O–H groups in total. The summed E-state index contributed by atoms with van der Waals surface area (Å²) in [6, 6.07) is 8.25. The van der Waals surface area contributed by atoms with Crippen molar-refractivity contribution < 1.29 is 9.15 Å². The number of guanidine groups is 1. The predicted octanol–water partition coefficient (Wildman–Crippen LogP) is 1.88. The standard InChI is InChI=1S/C14H17N3O2/c1-9-7-15-14(17-9)16-8-12-13(18-2)10-5-3-4-6-11(10)19-12/h3-6,9H,7-8H2,1-2H3,(H2,15,16,17). The summed E-state index contributed by atoms with van der Waals surface area (Å²) < 4.78 is 11.2. The molecule has 0 radical (unpaired) electrons. The summed E-state index contributed by atoms with van der Waals surface area (Å²) in [4.78, 5) is 4.35. The van der Waals surface area contributed by atoms with Crippen LogP contribution < -0.4 is 15.4 Å². The quantitative estimate of drug-likeness (QED) is 0.883. The third-order valence-electron chi connectivity index (χ3n) is 3.14. The van der Waals surface area contributed by atoms with Gasteiger partial charge in [-0.3, -0.25) is 4.99 Å². The number of benzene rings is 1. The Hall–Kier alpha value is -2.17. The van der Waals surface area contributed by atoms with Crippen LogP contribution in [0.15, 0.2) is 33.7 Å². The van der Waals surface area contributed by atoms with Crippen LogP contribution in [0.1, 0.15) is 12.7 Å². The van der Waals surface area contributed by atoms with Crippen LogP contribution in [0.5, 0.6) is 5.75 Å². The van der Waals surface area contributed by atoms with Crippen molar-refractivity contribution >= 4 is 16.9 Å². The second kappa shape index (κ2) is 4.84. The summed E-state index contributed by atoms with van der Waals surface area (Å²) in [7, 11) is 1.66. The highest BCUT2D eigenvalue weighted by Gasteiger charge is 2.16. The molecule has 0 aliphatic carbocycles. The van der Waals surface area contributed by atoms with Gasteiger partial charge in [-0.05, 0) is 19.1 Å². The van der Waals surface area contributed by atoms with Gasteiger partial charge in [0.1, 0.15) is 5.58 Å². The molecule has 0 bridgehead atoms. The van der Waals surface area contributed by atoms with E-state index in [1.54, 1.807) is 7.11 Å². The van der Waals surface area contributed by atoms with E-state index in [0.29, 0.717) is 12.6 Å². The molecule has 0 amide bonds. The fourth-order valence-electron chi connectivity index (χ4n) is 2.24. The fourth-order valence-corrected chi connectivity index (χ4v) is 2.24. The third kappa shape index (κ3) is 2.23. The predicted molar refractivity (Wildman–Crippen MR) is 74.5 cm³/mol. The van der Waals surface area contributed by atoms with Gasteiger partial charge in [-0.15, -0.1) is 0 Å².